The second kappa shape index (κ2) is 9.30. The Hall–Kier alpha value is -1.90. The highest BCUT2D eigenvalue weighted by atomic mass is 28.4. The molecule has 0 N–H and O–H groups in total. The van der Waals surface area contributed by atoms with E-state index in [1.165, 1.54) is 34.8 Å². The summed E-state index contributed by atoms with van der Waals surface area (Å²) in [6, 6.07) is 12.6. The largest absolute Gasteiger partial charge is 0.417 e. The van der Waals surface area contributed by atoms with Gasteiger partial charge in [0.15, 0.2) is 8.32 Å². The number of hydrogen-bond acceptors (Lipinski definition) is 1. The molecule has 0 radical (unpaired) electrons. The van der Waals surface area contributed by atoms with Crippen LogP contribution in [0.5, 0.6) is 0 Å². The normalized spacial score (nSPS) is 23.4. The van der Waals surface area contributed by atoms with E-state index in [9.17, 15) is 0 Å². The van der Waals surface area contributed by atoms with Gasteiger partial charge in [-0.1, -0.05) is 106 Å². The van der Waals surface area contributed by atoms with Crippen LogP contribution in [0, 0.1) is 11.3 Å². The molecule has 0 aliphatic heterocycles. The van der Waals surface area contributed by atoms with Gasteiger partial charge in [-0.15, -0.1) is 0 Å². The van der Waals surface area contributed by atoms with Crippen molar-refractivity contribution in [3.63, 3.8) is 0 Å². The molecule has 0 amide bonds. The summed E-state index contributed by atoms with van der Waals surface area (Å²) >= 11 is 0. The topological polar surface area (TPSA) is 9.23 Å². The Morgan fingerprint density at radius 1 is 0.903 bits per heavy atom. The van der Waals surface area contributed by atoms with Gasteiger partial charge >= 0.3 is 0 Å². The van der Waals surface area contributed by atoms with Crippen LogP contribution in [0.1, 0.15) is 57.6 Å². The molecule has 1 aromatic rings. The van der Waals surface area contributed by atoms with Crippen LogP contribution in [0.15, 0.2) is 77.9 Å². The third-order valence-corrected chi connectivity index (χ3v) is 13.0. The van der Waals surface area contributed by atoms with Crippen molar-refractivity contribution in [2.45, 2.75) is 64.6 Å². The van der Waals surface area contributed by atoms with Crippen molar-refractivity contribution in [1.82, 2.24) is 0 Å². The SMILES string of the molecule is CCC(CCO[Si](CC)(CC)CC)(C1=CC=C2C=CC=CC21)C1C=Cc2ccccc21. The Balaban J connectivity index is 1.68. The first-order valence-corrected chi connectivity index (χ1v) is 14.8. The van der Waals surface area contributed by atoms with Gasteiger partial charge in [-0.25, -0.2) is 0 Å². The lowest BCUT2D eigenvalue weighted by Gasteiger charge is -2.43. The van der Waals surface area contributed by atoms with Crippen LogP contribution in [-0.2, 0) is 4.43 Å². The van der Waals surface area contributed by atoms with Gasteiger partial charge in [0.1, 0.15) is 0 Å². The summed E-state index contributed by atoms with van der Waals surface area (Å²) < 4.78 is 6.82. The number of hydrogen-bond donors (Lipinski definition) is 0. The maximum atomic E-state index is 6.82. The molecule has 0 saturated carbocycles. The van der Waals surface area contributed by atoms with Crippen LogP contribution >= 0.6 is 0 Å². The minimum Gasteiger partial charge on any atom is -0.417 e. The first-order chi connectivity index (χ1) is 15.1. The fourth-order valence-electron chi connectivity index (χ4n) is 6.08. The Bertz CT molecular complexity index is 935. The van der Waals surface area contributed by atoms with Crippen LogP contribution in [0.4, 0.5) is 0 Å². The molecule has 0 bridgehead atoms. The van der Waals surface area contributed by atoms with Gasteiger partial charge < -0.3 is 4.43 Å². The van der Waals surface area contributed by atoms with Gasteiger partial charge in [-0.3, -0.25) is 0 Å². The van der Waals surface area contributed by atoms with Crippen molar-refractivity contribution in [2.75, 3.05) is 6.61 Å². The maximum Gasteiger partial charge on any atom is 0.191 e. The Labute approximate surface area is 190 Å². The zero-order chi connectivity index (χ0) is 21.9. The Morgan fingerprint density at radius 2 is 1.68 bits per heavy atom. The third-order valence-electron chi connectivity index (χ3n) is 8.34. The molecular formula is C29H38OSi. The summed E-state index contributed by atoms with van der Waals surface area (Å²) in [4.78, 5) is 0. The highest BCUT2D eigenvalue weighted by molar-refractivity contribution is 6.73. The summed E-state index contributed by atoms with van der Waals surface area (Å²) in [5.74, 6) is 0.827. The van der Waals surface area contributed by atoms with Crippen LogP contribution in [0.25, 0.3) is 6.08 Å². The molecule has 1 nitrogen and oxygen atoms in total. The van der Waals surface area contributed by atoms with E-state index in [2.05, 4.69) is 101 Å². The van der Waals surface area contributed by atoms with Crippen molar-refractivity contribution in [1.29, 1.82) is 0 Å². The standard InChI is InChI=1S/C29H38OSi/c1-5-29(21-22-30-31(6-2,7-3)8-4,27-19-17-23-13-9-11-15-25(23)27)28-20-18-24-14-10-12-16-26(24)28/h9-20,25,28H,5-8,21-22H2,1-4H3. The summed E-state index contributed by atoms with van der Waals surface area (Å²) in [6.45, 7) is 10.3. The summed E-state index contributed by atoms with van der Waals surface area (Å²) in [6.07, 6.45) is 20.9. The van der Waals surface area contributed by atoms with E-state index in [1.54, 1.807) is 5.57 Å². The van der Waals surface area contributed by atoms with Gasteiger partial charge in [-0.05, 0) is 47.7 Å². The van der Waals surface area contributed by atoms with Gasteiger partial charge in [0.2, 0.25) is 0 Å². The molecule has 0 aromatic heterocycles. The Morgan fingerprint density at radius 3 is 2.42 bits per heavy atom. The summed E-state index contributed by atoms with van der Waals surface area (Å²) in [5.41, 5.74) is 5.97. The predicted molar refractivity (Wildman–Crippen MR) is 137 cm³/mol. The molecule has 4 rings (SSSR count). The fourth-order valence-corrected chi connectivity index (χ4v) is 8.73. The molecule has 1 aromatic carbocycles. The fraction of sp³-hybridized carbons (Fsp3) is 0.448. The minimum absolute atomic E-state index is 0.0803. The van der Waals surface area contributed by atoms with E-state index in [1.807, 2.05) is 0 Å². The average molecular weight is 431 g/mol. The monoisotopic (exact) mass is 430 g/mol. The van der Waals surface area contributed by atoms with E-state index in [0.717, 1.165) is 19.4 Å². The molecule has 0 fully saturated rings. The lowest BCUT2D eigenvalue weighted by Crippen LogP contribution is -2.39. The van der Waals surface area contributed by atoms with Gasteiger partial charge in [0.05, 0.1) is 0 Å². The van der Waals surface area contributed by atoms with Crippen molar-refractivity contribution in [3.8, 4) is 0 Å². The van der Waals surface area contributed by atoms with Gasteiger partial charge in [0.25, 0.3) is 0 Å². The first-order valence-electron chi connectivity index (χ1n) is 12.3. The van der Waals surface area contributed by atoms with Crippen LogP contribution in [0.2, 0.25) is 18.1 Å². The van der Waals surface area contributed by atoms with Crippen molar-refractivity contribution in [3.05, 3.63) is 89.1 Å². The predicted octanol–water partition coefficient (Wildman–Crippen LogP) is 8.21. The van der Waals surface area contributed by atoms with E-state index >= 15 is 0 Å². The second-order valence-corrected chi connectivity index (χ2v) is 14.1. The van der Waals surface area contributed by atoms with Crippen molar-refractivity contribution in [2.24, 2.45) is 11.3 Å². The van der Waals surface area contributed by atoms with Gasteiger partial charge in [0, 0.05) is 23.9 Å². The van der Waals surface area contributed by atoms with Crippen molar-refractivity contribution < 1.29 is 4.43 Å². The lowest BCUT2D eigenvalue weighted by molar-refractivity contribution is 0.191. The highest BCUT2D eigenvalue weighted by Crippen LogP contribution is 2.56. The number of rotatable bonds is 10. The summed E-state index contributed by atoms with van der Waals surface area (Å²) in [5, 5.41) is 0. The molecule has 2 heteroatoms. The molecule has 164 valence electrons. The molecule has 0 heterocycles. The van der Waals surface area contributed by atoms with E-state index < -0.39 is 8.32 Å². The van der Waals surface area contributed by atoms with Crippen LogP contribution in [0.3, 0.4) is 0 Å². The molecule has 3 aliphatic rings. The molecule has 0 saturated heterocycles. The Kier molecular flexibility index (Phi) is 6.69. The van der Waals surface area contributed by atoms with Gasteiger partial charge in [-0.2, -0.15) is 0 Å². The molecule has 0 spiro atoms. The molecular weight excluding hydrogens is 392 g/mol. The second-order valence-electron chi connectivity index (χ2n) is 9.33. The van der Waals surface area contributed by atoms with E-state index in [-0.39, 0.29) is 5.41 Å². The quantitative estimate of drug-likeness (QED) is 0.340. The maximum absolute atomic E-state index is 6.82. The highest BCUT2D eigenvalue weighted by Gasteiger charge is 2.45. The molecule has 3 aliphatic carbocycles. The zero-order valence-corrected chi connectivity index (χ0v) is 20.7. The third kappa shape index (κ3) is 3.89. The number of fused-ring (bicyclic) bond motifs is 2. The zero-order valence-electron chi connectivity index (χ0n) is 19.7. The van der Waals surface area contributed by atoms with Crippen LogP contribution < -0.4 is 0 Å². The van der Waals surface area contributed by atoms with E-state index in [0.29, 0.717) is 11.8 Å². The average Bonchev–Trinajstić information content (AvgIpc) is 3.46. The summed E-state index contributed by atoms with van der Waals surface area (Å²) in [7, 11) is -1.59. The van der Waals surface area contributed by atoms with Crippen LogP contribution in [-0.4, -0.2) is 14.9 Å². The van der Waals surface area contributed by atoms with E-state index in [4.69, 9.17) is 4.43 Å². The van der Waals surface area contributed by atoms with Crippen molar-refractivity contribution >= 4 is 14.4 Å². The smallest absolute Gasteiger partial charge is 0.191 e. The lowest BCUT2D eigenvalue weighted by atomic mass is 9.61. The number of benzene rings is 1. The molecule has 3 atom stereocenters. The molecule has 31 heavy (non-hydrogen) atoms. The first kappa shape index (κ1) is 22.3. The number of allylic oxidation sites excluding steroid dienone is 9. The minimum atomic E-state index is -1.59. The molecule has 3 unspecified atom stereocenters.